The Labute approximate surface area is 145 Å². The van der Waals surface area contributed by atoms with Crippen LogP contribution in [0.4, 0.5) is 0 Å². The van der Waals surface area contributed by atoms with Crippen LogP contribution < -0.4 is 0 Å². The van der Waals surface area contributed by atoms with Gasteiger partial charge in [-0.1, -0.05) is 36.4 Å². The van der Waals surface area contributed by atoms with Crippen LogP contribution in [-0.4, -0.2) is 51.8 Å². The van der Waals surface area contributed by atoms with Crippen molar-refractivity contribution in [1.82, 2.24) is 14.8 Å². The van der Waals surface area contributed by atoms with Gasteiger partial charge in [0.25, 0.3) is 0 Å². The average molecular weight is 341 g/mol. The van der Waals surface area contributed by atoms with Gasteiger partial charge in [0.1, 0.15) is 6.54 Å². The Bertz CT molecular complexity index is 669. The number of pyridine rings is 1. The molecule has 124 valence electrons. The van der Waals surface area contributed by atoms with Gasteiger partial charge in [-0.15, -0.1) is 11.8 Å². The highest BCUT2D eigenvalue weighted by Crippen LogP contribution is 2.26. The van der Waals surface area contributed by atoms with Crippen LogP contribution in [-0.2, 0) is 9.59 Å². The molecular formula is C18H19N3O2S. The van der Waals surface area contributed by atoms with Crippen molar-refractivity contribution in [1.29, 1.82) is 0 Å². The molecule has 2 heterocycles. The zero-order valence-electron chi connectivity index (χ0n) is 13.5. The third-order valence-electron chi connectivity index (χ3n) is 4.02. The fourth-order valence-electron chi connectivity index (χ4n) is 2.72. The Morgan fingerprint density at radius 2 is 2.00 bits per heavy atom. The lowest BCUT2D eigenvalue weighted by atomic mass is 10.0. The molecule has 6 heteroatoms. The Balaban J connectivity index is 1.85. The van der Waals surface area contributed by atoms with E-state index < -0.39 is 0 Å². The molecule has 5 nitrogen and oxygen atoms in total. The molecule has 0 bridgehead atoms. The fourth-order valence-corrected chi connectivity index (χ4v) is 3.63. The molecule has 0 N–H and O–H groups in total. The van der Waals surface area contributed by atoms with E-state index in [-0.39, 0.29) is 24.4 Å². The third kappa shape index (κ3) is 3.59. The normalized spacial score (nSPS) is 15.4. The van der Waals surface area contributed by atoms with Crippen LogP contribution in [0.5, 0.6) is 0 Å². The summed E-state index contributed by atoms with van der Waals surface area (Å²) < 4.78 is 0. The molecule has 1 saturated heterocycles. The molecule has 0 radical (unpaired) electrons. The van der Waals surface area contributed by atoms with E-state index in [0.29, 0.717) is 11.6 Å². The lowest BCUT2D eigenvalue weighted by Gasteiger charge is -2.29. The van der Waals surface area contributed by atoms with E-state index in [1.165, 1.54) is 11.8 Å². The number of hydrogen-bond acceptors (Lipinski definition) is 4. The average Bonchev–Trinajstić information content (AvgIpc) is 3.02. The topological polar surface area (TPSA) is 53.5 Å². The number of hydrogen-bond donors (Lipinski definition) is 0. The van der Waals surface area contributed by atoms with Crippen LogP contribution in [0, 0.1) is 0 Å². The predicted molar refractivity (Wildman–Crippen MR) is 94.3 cm³/mol. The van der Waals surface area contributed by atoms with Gasteiger partial charge in [0, 0.05) is 13.2 Å². The van der Waals surface area contributed by atoms with E-state index in [2.05, 4.69) is 4.98 Å². The SMILES string of the molecule is CN(C(=O)CN1CSCC1=O)[C@@H](c1ccccc1)c1ccccn1. The number of carbonyl (C=O) groups is 2. The largest absolute Gasteiger partial charge is 0.331 e. The number of amides is 2. The quantitative estimate of drug-likeness (QED) is 0.836. The van der Waals surface area contributed by atoms with Gasteiger partial charge in [-0.3, -0.25) is 14.6 Å². The smallest absolute Gasteiger partial charge is 0.242 e. The summed E-state index contributed by atoms with van der Waals surface area (Å²) in [5.74, 6) is 0.971. The summed E-state index contributed by atoms with van der Waals surface area (Å²) in [6, 6.07) is 15.2. The first-order valence-electron chi connectivity index (χ1n) is 7.74. The van der Waals surface area contributed by atoms with Crippen molar-refractivity contribution in [2.75, 3.05) is 25.2 Å². The molecule has 1 fully saturated rings. The monoisotopic (exact) mass is 341 g/mol. The number of nitrogens with zero attached hydrogens (tertiary/aromatic N) is 3. The Kier molecular flexibility index (Phi) is 5.15. The molecule has 0 aliphatic carbocycles. The molecule has 0 spiro atoms. The Hall–Kier alpha value is -2.34. The summed E-state index contributed by atoms with van der Waals surface area (Å²) in [5.41, 5.74) is 1.80. The molecule has 1 aliphatic rings. The molecule has 0 saturated carbocycles. The van der Waals surface area contributed by atoms with Gasteiger partial charge in [-0.05, 0) is 17.7 Å². The van der Waals surface area contributed by atoms with Crippen molar-refractivity contribution >= 4 is 23.6 Å². The van der Waals surface area contributed by atoms with E-state index in [0.717, 1.165) is 11.3 Å². The fraction of sp³-hybridized carbons (Fsp3) is 0.278. The summed E-state index contributed by atoms with van der Waals surface area (Å²) in [4.78, 5) is 32.2. The second-order valence-corrected chi connectivity index (χ2v) is 6.60. The number of aromatic nitrogens is 1. The predicted octanol–water partition coefficient (Wildman–Crippen LogP) is 2.16. The van der Waals surface area contributed by atoms with Gasteiger partial charge >= 0.3 is 0 Å². The second-order valence-electron chi connectivity index (χ2n) is 5.64. The standard InChI is InChI=1S/C18H19N3O2S/c1-20(16(22)11-21-13-24-12-17(21)23)18(14-7-3-2-4-8-14)15-9-5-6-10-19-15/h2-10,18H,11-13H2,1H3/t18-/m0/s1. The maximum absolute atomic E-state index is 12.7. The number of likely N-dealkylation sites (N-methyl/N-ethyl adjacent to an activating group) is 1. The van der Waals surface area contributed by atoms with Gasteiger partial charge < -0.3 is 9.80 Å². The Morgan fingerprint density at radius 1 is 1.25 bits per heavy atom. The molecule has 1 aliphatic heterocycles. The molecular weight excluding hydrogens is 322 g/mol. The lowest BCUT2D eigenvalue weighted by molar-refractivity contribution is -0.138. The molecule has 1 aromatic heterocycles. The Morgan fingerprint density at radius 3 is 2.62 bits per heavy atom. The number of rotatable bonds is 5. The summed E-state index contributed by atoms with van der Waals surface area (Å²) in [6.07, 6.45) is 1.73. The second kappa shape index (κ2) is 7.49. The first-order chi connectivity index (χ1) is 11.7. The van der Waals surface area contributed by atoms with Crippen molar-refractivity contribution < 1.29 is 9.59 Å². The first kappa shape index (κ1) is 16.5. The minimum atomic E-state index is -0.273. The molecule has 1 aromatic carbocycles. The van der Waals surface area contributed by atoms with Gasteiger partial charge in [0.2, 0.25) is 11.8 Å². The zero-order chi connectivity index (χ0) is 16.9. The van der Waals surface area contributed by atoms with Crippen molar-refractivity contribution in [3.8, 4) is 0 Å². The molecule has 2 aromatic rings. The molecule has 3 rings (SSSR count). The van der Waals surface area contributed by atoms with Crippen molar-refractivity contribution in [3.63, 3.8) is 0 Å². The van der Waals surface area contributed by atoms with Gasteiger partial charge in [-0.25, -0.2) is 0 Å². The van der Waals surface area contributed by atoms with E-state index in [1.807, 2.05) is 48.5 Å². The maximum Gasteiger partial charge on any atom is 0.242 e. The van der Waals surface area contributed by atoms with Crippen LogP contribution in [0.25, 0.3) is 0 Å². The summed E-state index contributed by atoms with van der Waals surface area (Å²) in [7, 11) is 1.77. The van der Waals surface area contributed by atoms with Crippen molar-refractivity contribution in [3.05, 3.63) is 66.0 Å². The van der Waals surface area contributed by atoms with Crippen LogP contribution in [0.2, 0.25) is 0 Å². The van der Waals surface area contributed by atoms with Crippen molar-refractivity contribution in [2.45, 2.75) is 6.04 Å². The molecule has 1 atom stereocenters. The summed E-state index contributed by atoms with van der Waals surface area (Å²) in [6.45, 7) is 0.110. The van der Waals surface area contributed by atoms with Crippen LogP contribution in [0.1, 0.15) is 17.3 Å². The van der Waals surface area contributed by atoms with E-state index in [4.69, 9.17) is 0 Å². The van der Waals surface area contributed by atoms with E-state index in [9.17, 15) is 9.59 Å². The number of benzene rings is 1. The van der Waals surface area contributed by atoms with E-state index >= 15 is 0 Å². The highest BCUT2D eigenvalue weighted by molar-refractivity contribution is 8.00. The van der Waals surface area contributed by atoms with Crippen molar-refractivity contribution in [2.24, 2.45) is 0 Å². The maximum atomic E-state index is 12.7. The van der Waals surface area contributed by atoms with E-state index in [1.54, 1.807) is 23.0 Å². The first-order valence-corrected chi connectivity index (χ1v) is 8.89. The summed E-state index contributed by atoms with van der Waals surface area (Å²) >= 11 is 1.54. The van der Waals surface area contributed by atoms with Gasteiger partial charge in [-0.2, -0.15) is 0 Å². The molecule has 0 unspecified atom stereocenters. The van der Waals surface area contributed by atoms with Gasteiger partial charge in [0.15, 0.2) is 0 Å². The minimum absolute atomic E-state index is 0.0239. The van der Waals surface area contributed by atoms with Gasteiger partial charge in [0.05, 0.1) is 23.4 Å². The third-order valence-corrected chi connectivity index (χ3v) is 4.96. The number of thioether (sulfide) groups is 1. The van der Waals surface area contributed by atoms with Crippen LogP contribution >= 0.6 is 11.8 Å². The lowest BCUT2D eigenvalue weighted by Crippen LogP contribution is -2.41. The summed E-state index contributed by atoms with van der Waals surface area (Å²) in [5, 5.41) is 0. The highest BCUT2D eigenvalue weighted by atomic mass is 32.2. The zero-order valence-corrected chi connectivity index (χ0v) is 14.3. The molecule has 2 amide bonds. The van der Waals surface area contributed by atoms with Crippen LogP contribution in [0.15, 0.2) is 54.7 Å². The minimum Gasteiger partial charge on any atom is -0.331 e. The number of carbonyl (C=O) groups excluding carboxylic acids is 2. The highest BCUT2D eigenvalue weighted by Gasteiger charge is 2.28. The molecule has 24 heavy (non-hydrogen) atoms. The van der Waals surface area contributed by atoms with Crippen LogP contribution in [0.3, 0.4) is 0 Å².